The lowest BCUT2D eigenvalue weighted by atomic mass is 10.2. The molecule has 0 aliphatic rings. The number of thiazole rings is 1. The Morgan fingerprint density at radius 3 is 2.79 bits per heavy atom. The van der Waals surface area contributed by atoms with Crippen LogP contribution in [0.5, 0.6) is 5.75 Å². The minimum atomic E-state index is -3.00. The maximum Gasteiger partial charge on any atom is 0.387 e. The van der Waals surface area contributed by atoms with Crippen LogP contribution in [0.1, 0.15) is 16.2 Å². The van der Waals surface area contributed by atoms with Gasteiger partial charge in [-0.1, -0.05) is 11.6 Å². The molecule has 2 N–H and O–H groups in total. The van der Waals surface area contributed by atoms with Crippen LogP contribution < -0.4 is 15.4 Å². The molecule has 3 rings (SSSR count). The highest BCUT2D eigenvalue weighted by Gasteiger charge is 2.14. The van der Waals surface area contributed by atoms with Crippen LogP contribution in [0.15, 0.2) is 46.4 Å². The molecular formula is C17H12ClF2N3O4S. The van der Waals surface area contributed by atoms with E-state index in [2.05, 4.69) is 20.4 Å². The highest BCUT2D eigenvalue weighted by atomic mass is 35.5. The van der Waals surface area contributed by atoms with Crippen molar-refractivity contribution in [2.75, 3.05) is 10.6 Å². The average Bonchev–Trinajstić information content (AvgIpc) is 3.29. The molecule has 0 fully saturated rings. The van der Waals surface area contributed by atoms with Crippen molar-refractivity contribution in [2.24, 2.45) is 0 Å². The van der Waals surface area contributed by atoms with E-state index in [0.29, 0.717) is 16.5 Å². The number of benzene rings is 1. The zero-order chi connectivity index (χ0) is 20.1. The topological polar surface area (TPSA) is 93.5 Å². The van der Waals surface area contributed by atoms with E-state index in [1.54, 1.807) is 11.4 Å². The number of carbonyl (C=O) groups is 2. The second kappa shape index (κ2) is 8.81. The van der Waals surface area contributed by atoms with Crippen LogP contribution in [-0.2, 0) is 11.2 Å². The lowest BCUT2D eigenvalue weighted by Gasteiger charge is -2.09. The fourth-order valence-corrected chi connectivity index (χ4v) is 3.08. The van der Waals surface area contributed by atoms with E-state index in [0.717, 1.165) is 11.3 Å². The largest absolute Gasteiger partial charge is 0.459 e. The number of hydrogen-bond acceptors (Lipinski definition) is 6. The minimum absolute atomic E-state index is 0.0555. The Bertz CT molecular complexity index is 979. The maximum atomic E-state index is 12.2. The summed E-state index contributed by atoms with van der Waals surface area (Å²) in [5.74, 6) is -0.888. The number of furan rings is 1. The molecule has 0 radical (unpaired) electrons. The summed E-state index contributed by atoms with van der Waals surface area (Å²) < 4.78 is 33.7. The molecule has 0 spiro atoms. The van der Waals surface area contributed by atoms with Crippen LogP contribution in [0, 0.1) is 0 Å². The van der Waals surface area contributed by atoms with Crippen LogP contribution in [0.4, 0.5) is 19.6 Å². The number of rotatable bonds is 7. The van der Waals surface area contributed by atoms with Gasteiger partial charge < -0.3 is 14.5 Å². The van der Waals surface area contributed by atoms with Crippen molar-refractivity contribution in [3.8, 4) is 5.75 Å². The predicted octanol–water partition coefficient (Wildman–Crippen LogP) is 4.42. The quantitative estimate of drug-likeness (QED) is 0.582. The van der Waals surface area contributed by atoms with Crippen LogP contribution >= 0.6 is 22.9 Å². The van der Waals surface area contributed by atoms with Gasteiger partial charge in [0.05, 0.1) is 23.4 Å². The summed E-state index contributed by atoms with van der Waals surface area (Å²) in [7, 11) is 0. The summed E-state index contributed by atoms with van der Waals surface area (Å²) in [6.07, 6.45) is 1.32. The van der Waals surface area contributed by atoms with Gasteiger partial charge in [0, 0.05) is 11.1 Å². The third-order valence-electron chi connectivity index (χ3n) is 3.29. The number of hydrogen-bond donors (Lipinski definition) is 2. The predicted molar refractivity (Wildman–Crippen MR) is 99.2 cm³/mol. The smallest absolute Gasteiger partial charge is 0.387 e. The third-order valence-corrected chi connectivity index (χ3v) is 4.39. The molecule has 0 saturated heterocycles. The maximum absolute atomic E-state index is 12.2. The Kier molecular flexibility index (Phi) is 6.22. The van der Waals surface area contributed by atoms with Crippen LogP contribution in [-0.4, -0.2) is 23.4 Å². The molecule has 2 amide bonds. The number of amides is 2. The average molecular weight is 428 g/mol. The zero-order valence-corrected chi connectivity index (χ0v) is 15.5. The number of alkyl halides is 2. The van der Waals surface area contributed by atoms with Gasteiger partial charge in [-0.15, -0.1) is 11.3 Å². The zero-order valence-electron chi connectivity index (χ0n) is 13.9. The van der Waals surface area contributed by atoms with Gasteiger partial charge in [-0.25, -0.2) is 4.98 Å². The molecule has 0 unspecified atom stereocenters. The van der Waals surface area contributed by atoms with Gasteiger partial charge in [-0.2, -0.15) is 8.78 Å². The molecule has 2 aromatic heterocycles. The van der Waals surface area contributed by atoms with Crippen LogP contribution in [0.2, 0.25) is 5.02 Å². The molecule has 0 aliphatic heterocycles. The summed E-state index contributed by atoms with van der Waals surface area (Å²) in [5.41, 5.74) is 0.763. The normalized spacial score (nSPS) is 10.7. The molecule has 0 bridgehead atoms. The Balaban J connectivity index is 1.56. The number of nitrogens with one attached hydrogen (secondary N) is 2. The van der Waals surface area contributed by atoms with E-state index in [1.165, 1.54) is 30.5 Å². The number of aromatic nitrogens is 1. The van der Waals surface area contributed by atoms with Gasteiger partial charge in [0.25, 0.3) is 5.91 Å². The molecule has 0 saturated carbocycles. The van der Waals surface area contributed by atoms with Gasteiger partial charge in [-0.3, -0.25) is 14.9 Å². The molecule has 28 heavy (non-hydrogen) atoms. The molecular weight excluding hydrogens is 416 g/mol. The first-order valence-electron chi connectivity index (χ1n) is 7.74. The molecule has 0 atom stereocenters. The Morgan fingerprint density at radius 2 is 2.11 bits per heavy atom. The second-order valence-electron chi connectivity index (χ2n) is 5.32. The summed E-state index contributed by atoms with van der Waals surface area (Å²) >= 11 is 7.00. The van der Waals surface area contributed by atoms with E-state index in [-0.39, 0.29) is 23.0 Å². The van der Waals surface area contributed by atoms with E-state index in [1.807, 2.05) is 0 Å². The number of halogens is 3. The summed E-state index contributed by atoms with van der Waals surface area (Å²) in [6.45, 7) is -3.00. The first kappa shape index (κ1) is 19.8. The number of anilines is 2. The van der Waals surface area contributed by atoms with Gasteiger partial charge in [0.1, 0.15) is 5.75 Å². The standard InChI is InChI=1S/C17H12ClF2N3O4S/c18-11-6-9(3-4-12(11)27-16(19)20)21-14(24)7-10-8-28-17(22-10)23-15(25)13-2-1-5-26-13/h1-6,8,16H,7H2,(H,21,24)(H,22,23,25). The highest BCUT2D eigenvalue weighted by Crippen LogP contribution is 2.29. The van der Waals surface area contributed by atoms with E-state index in [9.17, 15) is 18.4 Å². The van der Waals surface area contributed by atoms with Gasteiger partial charge >= 0.3 is 6.61 Å². The lowest BCUT2D eigenvalue weighted by molar-refractivity contribution is -0.115. The third kappa shape index (κ3) is 5.27. The molecule has 2 heterocycles. The van der Waals surface area contributed by atoms with Crippen molar-refractivity contribution >= 4 is 45.6 Å². The van der Waals surface area contributed by atoms with E-state index in [4.69, 9.17) is 16.0 Å². The van der Waals surface area contributed by atoms with E-state index >= 15 is 0 Å². The molecule has 7 nitrogen and oxygen atoms in total. The Labute approximate surface area is 166 Å². The minimum Gasteiger partial charge on any atom is -0.459 e. The summed E-state index contributed by atoms with van der Waals surface area (Å²) in [6, 6.07) is 7.02. The molecule has 11 heteroatoms. The fourth-order valence-electron chi connectivity index (χ4n) is 2.15. The van der Waals surface area contributed by atoms with Gasteiger partial charge in [-0.05, 0) is 30.3 Å². The molecule has 1 aromatic carbocycles. The SMILES string of the molecule is O=C(Cc1csc(NC(=O)c2ccco2)n1)Nc1ccc(OC(F)F)c(Cl)c1. The van der Waals surface area contributed by atoms with Crippen molar-refractivity contribution in [1.82, 2.24) is 4.98 Å². The molecule has 3 aromatic rings. The van der Waals surface area contributed by atoms with E-state index < -0.39 is 18.4 Å². The van der Waals surface area contributed by atoms with Crippen LogP contribution in [0.3, 0.4) is 0 Å². The van der Waals surface area contributed by atoms with Crippen molar-refractivity contribution in [3.63, 3.8) is 0 Å². The van der Waals surface area contributed by atoms with Gasteiger partial charge in [0.2, 0.25) is 5.91 Å². The monoisotopic (exact) mass is 427 g/mol. The number of nitrogens with zero attached hydrogens (tertiary/aromatic N) is 1. The van der Waals surface area contributed by atoms with Crippen molar-refractivity contribution in [2.45, 2.75) is 13.0 Å². The fraction of sp³-hybridized carbons (Fsp3) is 0.118. The first-order chi connectivity index (χ1) is 13.4. The highest BCUT2D eigenvalue weighted by molar-refractivity contribution is 7.14. The summed E-state index contributed by atoms with van der Waals surface area (Å²) in [4.78, 5) is 28.2. The molecule has 146 valence electrons. The number of ether oxygens (including phenoxy) is 1. The van der Waals surface area contributed by atoms with Gasteiger partial charge in [0.15, 0.2) is 10.9 Å². The summed E-state index contributed by atoms with van der Waals surface area (Å²) in [5, 5.41) is 7.04. The Hall–Kier alpha value is -2.98. The van der Waals surface area contributed by atoms with Crippen LogP contribution in [0.25, 0.3) is 0 Å². The molecule has 0 aliphatic carbocycles. The first-order valence-corrected chi connectivity index (χ1v) is 9.00. The second-order valence-corrected chi connectivity index (χ2v) is 6.59. The van der Waals surface area contributed by atoms with Crippen molar-refractivity contribution in [1.29, 1.82) is 0 Å². The number of carbonyl (C=O) groups excluding carboxylic acids is 2. The van der Waals surface area contributed by atoms with Crippen molar-refractivity contribution < 1.29 is 27.5 Å². The lowest BCUT2D eigenvalue weighted by Crippen LogP contribution is -2.15. The van der Waals surface area contributed by atoms with Crippen molar-refractivity contribution in [3.05, 3.63) is 58.5 Å². The Morgan fingerprint density at radius 1 is 1.29 bits per heavy atom.